The van der Waals surface area contributed by atoms with Gasteiger partial charge in [-0.1, -0.05) is 155 Å². The maximum Gasteiger partial charge on any atom is 0.144 e. The van der Waals surface area contributed by atoms with Crippen molar-refractivity contribution in [1.82, 2.24) is 18.7 Å². The molecule has 13 aromatic rings. The molecule has 9 aromatic carbocycles. The van der Waals surface area contributed by atoms with E-state index >= 15 is 0 Å². The molecule has 0 aliphatic carbocycles. The third-order valence-electron chi connectivity index (χ3n) is 16.1. The van der Waals surface area contributed by atoms with Gasteiger partial charge in [-0.05, 0) is 145 Å². The SMILES string of the molecule is CCC(C)(CC(C)(C)c1ccc2c(c1)c1ccccc1n2-c1cc(-c2ccc3oc4ccccc4c3c2)cc(-n2c3ccccc3c3ccccc32)c1)c1ccc(-c2nccn2-c2c(C)cc(C)cc2C)cc1. The number of para-hydroxylation sites is 4. The summed E-state index contributed by atoms with van der Waals surface area (Å²) in [4.78, 5) is 4.88. The van der Waals surface area contributed by atoms with Crippen LogP contribution in [0.5, 0.6) is 0 Å². The molecule has 0 radical (unpaired) electrons. The van der Waals surface area contributed by atoms with Crippen LogP contribution in [-0.2, 0) is 10.8 Å². The highest BCUT2D eigenvalue weighted by molar-refractivity contribution is 6.11. The van der Waals surface area contributed by atoms with Crippen molar-refractivity contribution in [2.24, 2.45) is 0 Å². The highest BCUT2D eigenvalue weighted by Crippen LogP contribution is 2.45. The van der Waals surface area contributed by atoms with Gasteiger partial charge in [0.15, 0.2) is 0 Å². The molecule has 0 amide bonds. The van der Waals surface area contributed by atoms with Crippen molar-refractivity contribution >= 4 is 65.6 Å². The maximum absolute atomic E-state index is 6.32. The normalized spacial score (nSPS) is 13.1. The lowest BCUT2D eigenvalue weighted by Crippen LogP contribution is -2.31. The van der Waals surface area contributed by atoms with Gasteiger partial charge in [0, 0.05) is 61.6 Å². The fraction of sp³-hybridized carbons (Fsp3) is 0.162. The van der Waals surface area contributed by atoms with E-state index in [4.69, 9.17) is 9.40 Å². The zero-order valence-electron chi connectivity index (χ0n) is 42.7. The molecule has 0 saturated carbocycles. The van der Waals surface area contributed by atoms with E-state index in [-0.39, 0.29) is 10.8 Å². The average Bonchev–Trinajstić information content (AvgIpc) is 4.19. The third kappa shape index (κ3) is 7.24. The van der Waals surface area contributed by atoms with Gasteiger partial charge in [0.25, 0.3) is 0 Å². The van der Waals surface area contributed by atoms with Gasteiger partial charge in [0.1, 0.15) is 17.0 Å². The van der Waals surface area contributed by atoms with Crippen LogP contribution in [0.15, 0.2) is 205 Å². The van der Waals surface area contributed by atoms with Gasteiger partial charge in [-0.3, -0.25) is 4.57 Å². The summed E-state index contributed by atoms with van der Waals surface area (Å²) in [6.07, 6.45) is 6.01. The van der Waals surface area contributed by atoms with Crippen LogP contribution in [0, 0.1) is 20.8 Å². The highest BCUT2D eigenvalue weighted by atomic mass is 16.3. The zero-order chi connectivity index (χ0) is 49.8. The first kappa shape index (κ1) is 44.5. The Morgan fingerprint density at radius 3 is 1.63 bits per heavy atom. The molecular formula is C68H58N4O. The summed E-state index contributed by atoms with van der Waals surface area (Å²) in [6.45, 7) is 16.2. The molecule has 5 nitrogen and oxygen atoms in total. The highest BCUT2D eigenvalue weighted by Gasteiger charge is 2.34. The number of fused-ring (bicyclic) bond motifs is 9. The molecule has 73 heavy (non-hydrogen) atoms. The first-order valence-corrected chi connectivity index (χ1v) is 25.8. The van der Waals surface area contributed by atoms with Crippen molar-refractivity contribution in [3.8, 4) is 39.6 Å². The quantitative estimate of drug-likeness (QED) is 0.137. The van der Waals surface area contributed by atoms with Crippen LogP contribution >= 0.6 is 0 Å². The van der Waals surface area contributed by atoms with Crippen LogP contribution in [0.1, 0.15) is 68.4 Å². The lowest BCUT2D eigenvalue weighted by Gasteiger charge is -2.38. The van der Waals surface area contributed by atoms with E-state index in [0.29, 0.717) is 0 Å². The molecule has 0 saturated heterocycles. The Labute approximate surface area is 426 Å². The van der Waals surface area contributed by atoms with Gasteiger partial charge >= 0.3 is 0 Å². The van der Waals surface area contributed by atoms with Crippen LogP contribution in [-0.4, -0.2) is 18.7 Å². The molecule has 4 aromatic heterocycles. The van der Waals surface area contributed by atoms with Crippen LogP contribution in [0.2, 0.25) is 0 Å². The van der Waals surface area contributed by atoms with Crippen molar-refractivity contribution in [2.75, 3.05) is 0 Å². The van der Waals surface area contributed by atoms with Crippen molar-refractivity contribution in [3.63, 3.8) is 0 Å². The zero-order valence-corrected chi connectivity index (χ0v) is 42.7. The standard InChI is InChI=1S/C68H58N4O/c1-8-68(7,49-28-25-46(26-29-49)66-69-33-34-70(66)65-44(3)35-43(2)36-45(65)4)42-67(5,6)50-30-31-62-57(40-50)55-19-11-15-23-61(55)72(62)52-38-48(47-27-32-64-58(39-47)56-20-12-16-24-63(56)73-64)37-51(41-52)71-59-21-13-9-17-53(59)54-18-10-14-22-60(54)71/h9-41H,8,42H2,1-7H3. The summed E-state index contributed by atoms with van der Waals surface area (Å²) in [5, 5.41) is 7.23. The van der Waals surface area contributed by atoms with Crippen LogP contribution in [0.25, 0.3) is 105 Å². The molecule has 13 rings (SSSR count). The number of nitrogens with zero attached hydrogens (tertiary/aromatic N) is 4. The van der Waals surface area contributed by atoms with E-state index in [1.54, 1.807) is 0 Å². The summed E-state index contributed by atoms with van der Waals surface area (Å²) in [7, 11) is 0. The second kappa shape index (κ2) is 16.9. The van der Waals surface area contributed by atoms with E-state index in [1.165, 1.54) is 77.1 Å². The van der Waals surface area contributed by atoms with Gasteiger partial charge < -0.3 is 13.6 Å². The minimum Gasteiger partial charge on any atom is -0.456 e. The Bertz CT molecular complexity index is 4230. The fourth-order valence-corrected chi connectivity index (χ4v) is 12.6. The second-order valence-corrected chi connectivity index (χ2v) is 21.4. The molecule has 1 unspecified atom stereocenters. The molecule has 4 heterocycles. The first-order valence-electron chi connectivity index (χ1n) is 25.8. The largest absolute Gasteiger partial charge is 0.456 e. The van der Waals surface area contributed by atoms with E-state index in [9.17, 15) is 0 Å². The van der Waals surface area contributed by atoms with Crippen molar-refractivity contribution in [3.05, 3.63) is 228 Å². The van der Waals surface area contributed by atoms with Gasteiger partial charge in [-0.25, -0.2) is 4.98 Å². The predicted molar refractivity (Wildman–Crippen MR) is 306 cm³/mol. The number of rotatable bonds is 10. The molecule has 5 heteroatoms. The lowest BCUT2D eigenvalue weighted by atomic mass is 9.66. The van der Waals surface area contributed by atoms with Gasteiger partial charge in [0.2, 0.25) is 0 Å². The Morgan fingerprint density at radius 1 is 0.466 bits per heavy atom. The van der Waals surface area contributed by atoms with Crippen LogP contribution in [0.4, 0.5) is 0 Å². The van der Waals surface area contributed by atoms with E-state index in [2.05, 4.69) is 250 Å². The topological polar surface area (TPSA) is 40.8 Å². The fourth-order valence-electron chi connectivity index (χ4n) is 12.6. The van der Waals surface area contributed by atoms with E-state index in [0.717, 1.165) is 68.7 Å². The first-order chi connectivity index (χ1) is 35.5. The maximum atomic E-state index is 6.32. The van der Waals surface area contributed by atoms with Crippen molar-refractivity contribution < 1.29 is 4.42 Å². The van der Waals surface area contributed by atoms with Crippen molar-refractivity contribution in [2.45, 2.75) is 72.1 Å². The number of aryl methyl sites for hydroxylation is 3. The third-order valence-corrected chi connectivity index (χ3v) is 16.1. The van der Waals surface area contributed by atoms with Crippen LogP contribution in [0.3, 0.4) is 0 Å². The number of furan rings is 1. The molecule has 356 valence electrons. The molecule has 0 aliphatic heterocycles. The van der Waals surface area contributed by atoms with E-state index < -0.39 is 0 Å². The molecular weight excluding hydrogens is 889 g/mol. The molecule has 0 aliphatic rings. The number of imidazole rings is 1. The average molecular weight is 947 g/mol. The summed E-state index contributed by atoms with van der Waals surface area (Å²) in [5.74, 6) is 0.965. The second-order valence-electron chi connectivity index (χ2n) is 21.4. The molecule has 0 spiro atoms. The van der Waals surface area contributed by atoms with E-state index in [1.807, 2.05) is 12.3 Å². The van der Waals surface area contributed by atoms with Gasteiger partial charge in [-0.15, -0.1) is 0 Å². The summed E-state index contributed by atoms with van der Waals surface area (Å²) >= 11 is 0. The predicted octanol–water partition coefficient (Wildman–Crippen LogP) is 18.3. The Kier molecular flexibility index (Phi) is 10.3. The van der Waals surface area contributed by atoms with Gasteiger partial charge in [0.05, 0.1) is 27.8 Å². The Morgan fingerprint density at radius 2 is 1.00 bits per heavy atom. The molecule has 0 bridgehead atoms. The number of hydrogen-bond donors (Lipinski definition) is 0. The number of hydrogen-bond acceptors (Lipinski definition) is 2. The molecule has 1 atom stereocenters. The monoisotopic (exact) mass is 946 g/mol. The number of benzene rings is 9. The Balaban J connectivity index is 0.914. The number of aromatic nitrogens is 4. The lowest BCUT2D eigenvalue weighted by molar-refractivity contribution is 0.317. The van der Waals surface area contributed by atoms with Crippen molar-refractivity contribution in [1.29, 1.82) is 0 Å². The Hall–Kier alpha value is -8.41. The summed E-state index contributed by atoms with van der Waals surface area (Å²) in [6, 6.07) is 69.6. The minimum atomic E-state index is -0.142. The molecule has 0 N–H and O–H groups in total. The summed E-state index contributed by atoms with van der Waals surface area (Å²) in [5.41, 5.74) is 19.6. The summed E-state index contributed by atoms with van der Waals surface area (Å²) < 4.78 is 13.5. The molecule has 0 fully saturated rings. The smallest absolute Gasteiger partial charge is 0.144 e. The minimum absolute atomic E-state index is 0.0695. The van der Waals surface area contributed by atoms with Crippen LogP contribution < -0.4 is 0 Å². The van der Waals surface area contributed by atoms with Gasteiger partial charge in [-0.2, -0.15) is 0 Å².